The summed E-state index contributed by atoms with van der Waals surface area (Å²) in [4.78, 5) is 16.8. The molecule has 2 aliphatic rings. The summed E-state index contributed by atoms with van der Waals surface area (Å²) in [5.41, 5.74) is -0.448. The predicted molar refractivity (Wildman–Crippen MR) is 103 cm³/mol. The van der Waals surface area contributed by atoms with Gasteiger partial charge in [-0.1, -0.05) is 12.1 Å². The van der Waals surface area contributed by atoms with Crippen LogP contribution < -0.4 is 0 Å². The van der Waals surface area contributed by atoms with Gasteiger partial charge in [-0.3, -0.25) is 4.90 Å². The smallest absolute Gasteiger partial charge is 0.416 e. The van der Waals surface area contributed by atoms with Crippen molar-refractivity contribution in [2.45, 2.75) is 50.9 Å². The zero-order valence-electron chi connectivity index (χ0n) is 17.2. The minimum Gasteiger partial charge on any atom is -0.444 e. The van der Waals surface area contributed by atoms with Crippen LogP contribution in [0.2, 0.25) is 0 Å². The van der Waals surface area contributed by atoms with Crippen molar-refractivity contribution in [3.63, 3.8) is 0 Å². The van der Waals surface area contributed by atoms with Crippen LogP contribution >= 0.6 is 0 Å². The lowest BCUT2D eigenvalue weighted by atomic mass is 9.95. The number of hydrogen-bond donors (Lipinski definition) is 0. The summed E-state index contributed by atoms with van der Waals surface area (Å²) in [7, 11) is 0. The highest BCUT2D eigenvalue weighted by molar-refractivity contribution is 5.69. The van der Waals surface area contributed by atoms with Gasteiger partial charge in [-0.25, -0.2) is 4.79 Å². The average Bonchev–Trinajstić information content (AvgIpc) is 3.04. The van der Waals surface area contributed by atoms with Gasteiger partial charge in [0, 0.05) is 38.1 Å². The molecule has 29 heavy (non-hydrogen) atoms. The van der Waals surface area contributed by atoms with Crippen molar-refractivity contribution < 1.29 is 27.4 Å². The highest BCUT2D eigenvalue weighted by atomic mass is 19.4. The zero-order chi connectivity index (χ0) is 21.2. The Labute approximate surface area is 169 Å². The third-order valence-electron chi connectivity index (χ3n) is 5.32. The summed E-state index contributed by atoms with van der Waals surface area (Å²) in [6, 6.07) is 5.23. The first-order valence-electron chi connectivity index (χ1n) is 10.00. The number of morpholine rings is 1. The van der Waals surface area contributed by atoms with Crippen LogP contribution in [-0.2, 0) is 15.7 Å². The molecule has 0 N–H and O–H groups in total. The maximum Gasteiger partial charge on any atom is 0.416 e. The third kappa shape index (κ3) is 5.85. The Bertz CT molecular complexity index is 695. The summed E-state index contributed by atoms with van der Waals surface area (Å²) >= 11 is 0. The molecule has 2 atom stereocenters. The number of carbonyl (C=O) groups is 1. The number of rotatable bonds is 3. The molecule has 2 fully saturated rings. The Balaban J connectivity index is 1.75. The normalized spacial score (nSPS) is 24.0. The number of nitrogens with zero attached hydrogens (tertiary/aromatic N) is 2. The molecular weight excluding hydrogens is 385 g/mol. The number of ether oxygens (including phenoxy) is 2. The largest absolute Gasteiger partial charge is 0.444 e. The molecular formula is C21H29F3N2O3. The number of benzene rings is 1. The molecule has 3 rings (SSSR count). The lowest BCUT2D eigenvalue weighted by molar-refractivity contribution is -0.137. The molecule has 162 valence electrons. The van der Waals surface area contributed by atoms with E-state index in [9.17, 15) is 18.0 Å². The van der Waals surface area contributed by atoms with Crippen molar-refractivity contribution in [2.24, 2.45) is 0 Å². The molecule has 1 aromatic carbocycles. The molecule has 0 radical (unpaired) electrons. The van der Waals surface area contributed by atoms with Crippen LogP contribution in [0.4, 0.5) is 18.0 Å². The zero-order valence-corrected chi connectivity index (χ0v) is 17.2. The molecule has 0 bridgehead atoms. The van der Waals surface area contributed by atoms with E-state index in [0.717, 1.165) is 30.8 Å². The lowest BCUT2D eigenvalue weighted by Gasteiger charge is -2.33. The molecule has 2 aliphatic heterocycles. The summed E-state index contributed by atoms with van der Waals surface area (Å²) in [6.45, 7) is 9.58. The van der Waals surface area contributed by atoms with E-state index in [4.69, 9.17) is 9.47 Å². The van der Waals surface area contributed by atoms with Gasteiger partial charge < -0.3 is 14.4 Å². The summed E-state index contributed by atoms with van der Waals surface area (Å²) in [5.74, 6) is -0.0177. The number of amides is 1. The summed E-state index contributed by atoms with van der Waals surface area (Å²) in [5, 5.41) is 0. The van der Waals surface area contributed by atoms with Crippen LogP contribution in [0.25, 0.3) is 0 Å². The van der Waals surface area contributed by atoms with Gasteiger partial charge in [-0.2, -0.15) is 13.2 Å². The molecule has 8 heteroatoms. The van der Waals surface area contributed by atoms with Gasteiger partial charge >= 0.3 is 12.3 Å². The first-order chi connectivity index (χ1) is 13.5. The van der Waals surface area contributed by atoms with Crippen LogP contribution in [0, 0.1) is 0 Å². The third-order valence-corrected chi connectivity index (χ3v) is 5.32. The molecule has 5 nitrogen and oxygen atoms in total. The molecule has 0 unspecified atom stereocenters. The number of likely N-dealkylation sites (tertiary alicyclic amines) is 1. The number of carbonyl (C=O) groups excluding carboxylic acids is 1. The van der Waals surface area contributed by atoms with Gasteiger partial charge in [0.2, 0.25) is 0 Å². The fourth-order valence-corrected chi connectivity index (χ4v) is 3.90. The second-order valence-corrected chi connectivity index (χ2v) is 8.75. The highest BCUT2D eigenvalue weighted by Gasteiger charge is 2.39. The SMILES string of the molecule is CC(C)(C)OC(=O)N1C[C@H](c2ccc(C(F)(F)F)cc2)C[C@H]1CN1CCOCC1. The van der Waals surface area contributed by atoms with Crippen molar-refractivity contribution in [1.82, 2.24) is 9.80 Å². The van der Waals surface area contributed by atoms with Gasteiger partial charge in [0.05, 0.1) is 18.8 Å². The first kappa shape index (κ1) is 21.9. The van der Waals surface area contributed by atoms with E-state index in [-0.39, 0.29) is 18.1 Å². The number of alkyl halides is 3. The van der Waals surface area contributed by atoms with Crippen LogP contribution in [-0.4, -0.2) is 66.9 Å². The van der Waals surface area contributed by atoms with E-state index in [0.29, 0.717) is 32.7 Å². The van der Waals surface area contributed by atoms with E-state index >= 15 is 0 Å². The molecule has 0 spiro atoms. The molecule has 0 aromatic heterocycles. The van der Waals surface area contributed by atoms with Gasteiger partial charge in [0.15, 0.2) is 0 Å². The molecule has 1 aromatic rings. The van der Waals surface area contributed by atoms with Crippen molar-refractivity contribution in [3.8, 4) is 0 Å². The van der Waals surface area contributed by atoms with Crippen molar-refractivity contribution >= 4 is 6.09 Å². The van der Waals surface area contributed by atoms with E-state index in [2.05, 4.69) is 4.90 Å². The van der Waals surface area contributed by atoms with Gasteiger partial charge in [-0.15, -0.1) is 0 Å². The Morgan fingerprint density at radius 2 is 1.76 bits per heavy atom. The number of hydrogen-bond acceptors (Lipinski definition) is 4. The standard InChI is InChI=1S/C21H29F3N2O3/c1-20(2,3)29-19(27)26-13-16(12-18(26)14-25-8-10-28-11-9-25)15-4-6-17(7-5-15)21(22,23)24/h4-7,16,18H,8-14H2,1-3H3/t16-,18+/m1/s1. The molecule has 2 heterocycles. The van der Waals surface area contributed by atoms with Crippen LogP contribution in [0.1, 0.15) is 44.2 Å². The molecule has 1 amide bonds. The van der Waals surface area contributed by atoms with Crippen molar-refractivity contribution in [3.05, 3.63) is 35.4 Å². The molecule has 0 aliphatic carbocycles. The first-order valence-corrected chi connectivity index (χ1v) is 10.00. The predicted octanol–water partition coefficient (Wildman–Crippen LogP) is 4.13. The minimum absolute atomic E-state index is 0.0177. The van der Waals surface area contributed by atoms with Gasteiger partial charge in [-0.05, 0) is 44.9 Å². The second kappa shape index (κ2) is 8.52. The quantitative estimate of drug-likeness (QED) is 0.746. The molecule has 2 saturated heterocycles. The van der Waals surface area contributed by atoms with E-state index in [1.54, 1.807) is 4.90 Å². The fourth-order valence-electron chi connectivity index (χ4n) is 3.90. The van der Waals surface area contributed by atoms with Crippen LogP contribution in [0.15, 0.2) is 24.3 Å². The van der Waals surface area contributed by atoms with Crippen molar-refractivity contribution in [1.29, 1.82) is 0 Å². The summed E-state index contributed by atoms with van der Waals surface area (Å²) < 4.78 is 49.6. The van der Waals surface area contributed by atoms with Crippen molar-refractivity contribution in [2.75, 3.05) is 39.4 Å². The van der Waals surface area contributed by atoms with Crippen LogP contribution in [0.5, 0.6) is 0 Å². The van der Waals surface area contributed by atoms with E-state index < -0.39 is 17.3 Å². The highest BCUT2D eigenvalue weighted by Crippen LogP contribution is 2.35. The fraction of sp³-hybridized carbons (Fsp3) is 0.667. The van der Waals surface area contributed by atoms with E-state index in [1.165, 1.54) is 12.1 Å². The average molecular weight is 414 g/mol. The topological polar surface area (TPSA) is 42.0 Å². The maximum absolute atomic E-state index is 12.9. The maximum atomic E-state index is 12.9. The second-order valence-electron chi connectivity index (χ2n) is 8.75. The Hall–Kier alpha value is -1.80. The summed E-state index contributed by atoms with van der Waals surface area (Å²) in [6.07, 6.45) is -4.03. The van der Waals surface area contributed by atoms with Gasteiger partial charge in [0.1, 0.15) is 5.60 Å². The monoisotopic (exact) mass is 414 g/mol. The van der Waals surface area contributed by atoms with Crippen LogP contribution in [0.3, 0.4) is 0 Å². The lowest BCUT2D eigenvalue weighted by Crippen LogP contribution is -2.47. The Kier molecular flexibility index (Phi) is 6.43. The Morgan fingerprint density at radius 1 is 1.14 bits per heavy atom. The Morgan fingerprint density at radius 3 is 2.31 bits per heavy atom. The molecule has 0 saturated carbocycles. The van der Waals surface area contributed by atoms with E-state index in [1.807, 2.05) is 20.8 Å². The number of halogens is 3. The van der Waals surface area contributed by atoms with Gasteiger partial charge in [0.25, 0.3) is 0 Å². The minimum atomic E-state index is -4.35.